The zero-order valence-electron chi connectivity index (χ0n) is 22.2. The molecule has 0 spiro atoms. The van der Waals surface area contributed by atoms with E-state index in [0.29, 0.717) is 11.8 Å². The molecule has 4 fully saturated rings. The molecule has 4 saturated carbocycles. The van der Waals surface area contributed by atoms with Crippen LogP contribution in [-0.2, 0) is 4.79 Å². The smallest absolute Gasteiger partial charge is 0.0594 e. The molecule has 0 heterocycles. The van der Waals surface area contributed by atoms with Gasteiger partial charge in [-0.15, -0.1) is 0 Å². The van der Waals surface area contributed by atoms with Crippen LogP contribution in [0.2, 0.25) is 0 Å². The predicted octanol–water partition coefficient (Wildman–Crippen LogP) is 5.90. The number of hydrogen-bond donors (Lipinski definition) is 1. The van der Waals surface area contributed by atoms with Gasteiger partial charge in [0, 0.05) is 11.4 Å². The molecule has 3 heteroatoms. The minimum Gasteiger partial charge on any atom is -0.550 e. The largest absolute Gasteiger partial charge is 0.550 e. The van der Waals surface area contributed by atoms with Crippen LogP contribution < -0.4 is 5.11 Å². The van der Waals surface area contributed by atoms with Crippen molar-refractivity contribution in [3.8, 4) is 0 Å². The highest BCUT2D eigenvalue weighted by atomic mass is 16.4. The van der Waals surface area contributed by atoms with E-state index >= 15 is 0 Å². The molecule has 0 aromatic heterocycles. The van der Waals surface area contributed by atoms with Crippen molar-refractivity contribution in [3.05, 3.63) is 11.6 Å². The molecule has 33 heavy (non-hydrogen) atoms. The number of carboxylic acid groups (broad SMARTS) is 1. The van der Waals surface area contributed by atoms with Gasteiger partial charge in [-0.3, -0.25) is 0 Å². The van der Waals surface area contributed by atoms with Gasteiger partial charge in [0.15, 0.2) is 0 Å². The number of rotatable bonds is 1. The molecule has 0 aromatic carbocycles. The van der Waals surface area contributed by atoms with Gasteiger partial charge in [0.2, 0.25) is 0 Å². The highest BCUT2D eigenvalue weighted by Gasteiger charge is 2.68. The van der Waals surface area contributed by atoms with E-state index in [0.717, 1.165) is 51.4 Å². The molecule has 8 atom stereocenters. The molecular weight excluding hydrogens is 408 g/mol. The van der Waals surface area contributed by atoms with Crippen molar-refractivity contribution in [2.24, 2.45) is 50.2 Å². The van der Waals surface area contributed by atoms with Gasteiger partial charge in [-0.25, -0.2) is 0 Å². The van der Waals surface area contributed by atoms with E-state index in [4.69, 9.17) is 0 Å². The molecule has 5 aliphatic rings. The zero-order chi connectivity index (χ0) is 24.2. The Kier molecular flexibility index (Phi) is 4.99. The van der Waals surface area contributed by atoms with Crippen molar-refractivity contribution < 1.29 is 15.0 Å². The molecule has 0 radical (unpaired) electrons. The van der Waals surface area contributed by atoms with Crippen LogP contribution in [-0.4, -0.2) is 17.2 Å². The number of fused-ring (bicyclic) bond motifs is 7. The molecular formula is C30H47O3-. The van der Waals surface area contributed by atoms with Gasteiger partial charge in [0.1, 0.15) is 0 Å². The number of allylic oxidation sites excluding steroid dienone is 2. The Hall–Kier alpha value is -0.830. The molecule has 0 saturated heterocycles. The fraction of sp³-hybridized carbons (Fsp3) is 0.900. The second-order valence-corrected chi connectivity index (χ2v) is 15.0. The van der Waals surface area contributed by atoms with Crippen molar-refractivity contribution in [2.45, 2.75) is 119 Å². The number of aliphatic hydroxyl groups excluding tert-OH is 1. The molecule has 3 nitrogen and oxygen atoms in total. The van der Waals surface area contributed by atoms with Crippen molar-refractivity contribution in [1.29, 1.82) is 0 Å². The lowest BCUT2D eigenvalue weighted by Crippen LogP contribution is -2.65. The lowest BCUT2D eigenvalue weighted by atomic mass is 9.33. The Labute approximate surface area is 201 Å². The van der Waals surface area contributed by atoms with Gasteiger partial charge in [-0.1, -0.05) is 60.1 Å². The predicted molar refractivity (Wildman–Crippen MR) is 130 cm³/mol. The summed E-state index contributed by atoms with van der Waals surface area (Å²) in [5, 5.41) is 23.5. The number of aliphatic hydroxyl groups is 1. The average Bonchev–Trinajstić information content (AvgIpc) is 2.71. The maximum absolute atomic E-state index is 12.6. The highest BCUT2D eigenvalue weighted by Crippen LogP contribution is 2.75. The lowest BCUT2D eigenvalue weighted by Gasteiger charge is -2.71. The van der Waals surface area contributed by atoms with Crippen LogP contribution in [0.5, 0.6) is 0 Å². The van der Waals surface area contributed by atoms with Crippen molar-refractivity contribution in [2.75, 3.05) is 0 Å². The van der Waals surface area contributed by atoms with Crippen LogP contribution in [0.1, 0.15) is 113 Å². The van der Waals surface area contributed by atoms with Crippen LogP contribution in [0.4, 0.5) is 0 Å². The first-order valence-electron chi connectivity index (χ1n) is 13.7. The van der Waals surface area contributed by atoms with Crippen molar-refractivity contribution >= 4 is 5.97 Å². The van der Waals surface area contributed by atoms with Gasteiger partial charge < -0.3 is 15.0 Å². The molecule has 186 valence electrons. The minimum absolute atomic E-state index is 0.0384. The van der Waals surface area contributed by atoms with Crippen molar-refractivity contribution in [3.63, 3.8) is 0 Å². The fourth-order valence-electron chi connectivity index (χ4n) is 10.6. The topological polar surface area (TPSA) is 60.4 Å². The van der Waals surface area contributed by atoms with Crippen LogP contribution in [0, 0.1) is 50.2 Å². The third kappa shape index (κ3) is 2.87. The van der Waals surface area contributed by atoms with Crippen LogP contribution >= 0.6 is 0 Å². The Bertz CT molecular complexity index is 885. The molecule has 1 N–H and O–H groups in total. The van der Waals surface area contributed by atoms with Crippen LogP contribution in [0.15, 0.2) is 11.6 Å². The van der Waals surface area contributed by atoms with Gasteiger partial charge in [-0.05, 0) is 109 Å². The summed E-state index contributed by atoms with van der Waals surface area (Å²) < 4.78 is 0. The quantitative estimate of drug-likeness (QED) is 0.501. The van der Waals surface area contributed by atoms with Gasteiger partial charge >= 0.3 is 0 Å². The molecule has 0 bridgehead atoms. The Balaban J connectivity index is 1.60. The maximum atomic E-state index is 12.6. The Morgan fingerprint density at radius 1 is 0.909 bits per heavy atom. The van der Waals surface area contributed by atoms with Crippen LogP contribution in [0.25, 0.3) is 0 Å². The first-order chi connectivity index (χ1) is 15.1. The number of carbonyl (C=O) groups excluding carboxylic acids is 1. The van der Waals surface area contributed by atoms with E-state index in [2.05, 4.69) is 54.5 Å². The van der Waals surface area contributed by atoms with E-state index in [1.807, 2.05) is 0 Å². The monoisotopic (exact) mass is 455 g/mol. The summed E-state index contributed by atoms with van der Waals surface area (Å²) in [4.78, 5) is 12.6. The van der Waals surface area contributed by atoms with E-state index in [-0.39, 0.29) is 39.1 Å². The minimum atomic E-state index is -0.795. The highest BCUT2D eigenvalue weighted by molar-refractivity contribution is 5.74. The van der Waals surface area contributed by atoms with Gasteiger partial charge in [-0.2, -0.15) is 0 Å². The van der Waals surface area contributed by atoms with Gasteiger partial charge in [0.05, 0.1) is 6.10 Å². The summed E-state index contributed by atoms with van der Waals surface area (Å²) in [6, 6.07) is 0. The van der Waals surface area contributed by atoms with E-state index in [1.165, 1.54) is 18.4 Å². The first-order valence-corrected chi connectivity index (χ1v) is 13.7. The average molecular weight is 456 g/mol. The SMILES string of the molecule is CC1(C)CC[C@]2(C(=O)[O-])CC[C@]3(C)C(=CC[C@H]4[C@@]5(C)CC[C@H](O)C(C)(C)[C@@H]5CC[C@]43C)[C@H]2C1. The van der Waals surface area contributed by atoms with Crippen LogP contribution in [0.3, 0.4) is 0 Å². The number of hydrogen-bond acceptors (Lipinski definition) is 3. The summed E-state index contributed by atoms with van der Waals surface area (Å²) in [5.74, 6) is 0.469. The van der Waals surface area contributed by atoms with E-state index in [9.17, 15) is 15.0 Å². The maximum Gasteiger partial charge on any atom is 0.0594 e. The second-order valence-electron chi connectivity index (χ2n) is 15.0. The molecule has 0 aromatic rings. The van der Waals surface area contributed by atoms with Gasteiger partial charge in [0.25, 0.3) is 0 Å². The summed E-state index contributed by atoms with van der Waals surface area (Å²) >= 11 is 0. The molecule has 5 rings (SSSR count). The Morgan fingerprint density at radius 3 is 2.24 bits per heavy atom. The van der Waals surface area contributed by atoms with E-state index < -0.39 is 11.4 Å². The molecule has 0 amide bonds. The number of carboxylic acids is 1. The molecule has 5 aliphatic carbocycles. The standard InChI is InChI=1S/C30H48O3/c1-25(2)14-16-30(24(32)33)17-15-28(6)19(20(30)18-25)8-9-22-27(5)12-11-23(31)26(3,4)21(27)10-13-29(22,28)7/h8,20-23,31H,9-18H2,1-7H3,(H,32,33)/p-1/t20-,21+,22+,23+,27+,28-,29-,30+/m1/s1. The third-order valence-corrected chi connectivity index (χ3v) is 13.0. The summed E-state index contributed by atoms with van der Waals surface area (Å²) in [6.07, 6.45) is 12.3. The Morgan fingerprint density at radius 2 is 1.58 bits per heavy atom. The fourth-order valence-corrected chi connectivity index (χ4v) is 10.6. The second kappa shape index (κ2) is 6.89. The summed E-state index contributed by atoms with van der Waals surface area (Å²) in [5.41, 5.74) is 1.43. The van der Waals surface area contributed by atoms with E-state index in [1.54, 1.807) is 0 Å². The molecule has 0 unspecified atom stereocenters. The lowest BCUT2D eigenvalue weighted by molar-refractivity contribution is -0.327. The first kappa shape index (κ1) is 23.9. The molecule has 0 aliphatic heterocycles. The summed E-state index contributed by atoms with van der Waals surface area (Å²) in [7, 11) is 0. The van der Waals surface area contributed by atoms with Crippen molar-refractivity contribution in [1.82, 2.24) is 0 Å². The summed E-state index contributed by atoms with van der Waals surface area (Å²) in [6.45, 7) is 16.8. The zero-order valence-corrected chi connectivity index (χ0v) is 22.2. The number of aliphatic carboxylic acids is 1. The number of carbonyl (C=O) groups is 1. The normalized spacial score (nSPS) is 52.4. The third-order valence-electron chi connectivity index (χ3n) is 13.0.